The molecule has 60 valence electrons. The maximum absolute atomic E-state index is 10.0. The van der Waals surface area contributed by atoms with E-state index < -0.39 is 30.3 Å². The molecule has 6 nitrogen and oxygen atoms in total. The number of aliphatic hydroxyl groups excluding tert-OH is 3. The van der Waals surface area contributed by atoms with Gasteiger partial charge in [0, 0.05) is 4.92 Å². The molecule has 0 heterocycles. The molecule has 0 atom stereocenters. The van der Waals surface area contributed by atoms with Gasteiger partial charge in [0.1, 0.15) is 19.8 Å². The Morgan fingerprint density at radius 1 is 1.20 bits per heavy atom. The van der Waals surface area contributed by atoms with Crippen molar-refractivity contribution in [3.8, 4) is 0 Å². The minimum Gasteiger partial charge on any atom is -0.389 e. The van der Waals surface area contributed by atoms with Crippen LogP contribution in [0.2, 0.25) is 0 Å². The van der Waals surface area contributed by atoms with Crippen LogP contribution in [-0.4, -0.2) is 45.6 Å². The first-order valence-electron chi connectivity index (χ1n) is 2.60. The summed E-state index contributed by atoms with van der Waals surface area (Å²) in [7, 11) is 0. The Bertz CT molecular complexity index is 113. The van der Waals surface area contributed by atoms with Crippen molar-refractivity contribution >= 4 is 0 Å². The maximum atomic E-state index is 10.0. The molecule has 0 unspecified atom stereocenters. The second kappa shape index (κ2) is 3.45. The zero-order chi connectivity index (χ0) is 8.20. The summed E-state index contributed by atoms with van der Waals surface area (Å²) in [6.45, 7) is -2.60. The van der Waals surface area contributed by atoms with Crippen LogP contribution >= 0.6 is 0 Å². The molecule has 6 heteroatoms. The molecule has 0 saturated heterocycles. The lowest BCUT2D eigenvalue weighted by molar-refractivity contribution is -0.580. The number of hydrogen-bond acceptors (Lipinski definition) is 5. The molecule has 0 bridgehead atoms. The van der Waals surface area contributed by atoms with Crippen LogP contribution < -0.4 is 0 Å². The van der Waals surface area contributed by atoms with Crippen LogP contribution in [0, 0.1) is 10.1 Å². The van der Waals surface area contributed by atoms with Crippen LogP contribution in [0.5, 0.6) is 0 Å². The second-order valence-corrected chi connectivity index (χ2v) is 1.96. The Morgan fingerprint density at radius 3 is 1.50 bits per heavy atom. The van der Waals surface area contributed by atoms with E-state index in [1.807, 2.05) is 0 Å². The monoisotopic (exact) mass is 154 g/mol. The van der Waals surface area contributed by atoms with E-state index >= 15 is 0 Å². The molecule has 0 aromatic carbocycles. The molecule has 0 aliphatic rings. The van der Waals surface area contributed by atoms with Crippen molar-refractivity contribution in [2.45, 2.75) is 5.54 Å². The number of aliphatic hydroxyl groups is 3. The van der Waals surface area contributed by atoms with Crippen molar-refractivity contribution in [2.75, 3.05) is 19.8 Å². The minimum atomic E-state index is -1.99. The van der Waals surface area contributed by atoms with Crippen LogP contribution in [-0.2, 0) is 0 Å². The summed E-state index contributed by atoms with van der Waals surface area (Å²) in [5, 5.41) is 35.2. The van der Waals surface area contributed by atoms with Gasteiger partial charge in [-0.1, -0.05) is 0 Å². The average molecular weight is 154 g/mol. The molecule has 0 rings (SSSR count). The van der Waals surface area contributed by atoms with Gasteiger partial charge in [0.25, 0.3) is 5.54 Å². The lowest BCUT2D eigenvalue weighted by Gasteiger charge is -2.16. The summed E-state index contributed by atoms with van der Waals surface area (Å²) in [6, 6.07) is 0. The first-order chi connectivity index (χ1) is 4.63. The van der Waals surface area contributed by atoms with Gasteiger partial charge in [0.05, 0.1) is 0 Å². The van der Waals surface area contributed by atoms with Crippen molar-refractivity contribution in [1.82, 2.24) is 0 Å². The predicted octanol–water partition coefficient (Wildman–Crippen LogP) is -2.02. The molecule has 0 radical (unpaired) electrons. The Balaban J connectivity index is 4.31. The fourth-order valence-electron chi connectivity index (χ4n) is 0.323. The van der Waals surface area contributed by atoms with E-state index in [0.29, 0.717) is 0 Å². The van der Waals surface area contributed by atoms with Gasteiger partial charge in [-0.05, 0) is 0 Å². The van der Waals surface area contributed by atoms with E-state index in [9.17, 15) is 10.1 Å². The Hall–Kier alpha value is -0.720. The third-order valence-corrected chi connectivity index (χ3v) is 1.27. The molecule has 0 aliphatic carbocycles. The van der Waals surface area contributed by atoms with Crippen molar-refractivity contribution in [2.24, 2.45) is 0 Å². The van der Waals surface area contributed by atoms with Crippen molar-refractivity contribution in [1.29, 1.82) is 0 Å². The van der Waals surface area contributed by atoms with Crippen molar-refractivity contribution in [3.05, 3.63) is 10.1 Å². The van der Waals surface area contributed by atoms with Gasteiger partial charge in [0.15, 0.2) is 0 Å². The number of nitrogens with zero attached hydrogens (tertiary/aromatic N) is 1. The molecule has 0 amide bonds. The Morgan fingerprint density at radius 2 is 1.50 bits per heavy atom. The first kappa shape index (κ1) is 9.28. The molecule has 0 spiro atoms. The van der Waals surface area contributed by atoms with Gasteiger partial charge in [-0.15, -0.1) is 0 Å². The highest BCUT2D eigenvalue weighted by Gasteiger charge is 2.41. The summed E-state index contributed by atoms with van der Waals surface area (Å²) < 4.78 is 0. The van der Waals surface area contributed by atoms with E-state index in [1.165, 1.54) is 0 Å². The van der Waals surface area contributed by atoms with E-state index in [1.54, 1.807) is 0 Å². The van der Waals surface area contributed by atoms with Gasteiger partial charge in [0.2, 0.25) is 0 Å². The van der Waals surface area contributed by atoms with Crippen LogP contribution in [0.3, 0.4) is 0 Å². The molecule has 10 heavy (non-hydrogen) atoms. The average Bonchev–Trinajstić information content (AvgIpc) is 1.92. The fraction of sp³-hybridized carbons (Fsp3) is 1.00. The van der Waals surface area contributed by atoms with Crippen LogP contribution in [0.4, 0.5) is 0 Å². The topological polar surface area (TPSA) is 104 Å². The number of hydrogen-bond donors (Lipinski definition) is 3. The maximum Gasteiger partial charge on any atom is 0.289 e. The zero-order valence-electron chi connectivity index (χ0n) is 5.23. The van der Waals surface area contributed by atoms with Gasteiger partial charge < -0.3 is 15.3 Å². The molecule has 0 aliphatic heterocycles. The summed E-state index contributed by atoms with van der Waals surface area (Å²) in [5.41, 5.74) is -1.99. The molecule has 3 N–H and O–H groups in total. The quantitative estimate of drug-likeness (QED) is 0.246. The number of rotatable bonds is 4. The van der Waals surface area contributed by atoms with Crippen molar-refractivity contribution in [3.63, 3.8) is 0 Å². The van der Waals surface area contributed by atoms with E-state index in [4.69, 9.17) is 15.3 Å². The zero-order valence-corrected chi connectivity index (χ0v) is 5.23. The normalized spacial score (nSPS) is 11.5. The molecule has 0 aromatic rings. The van der Waals surface area contributed by atoms with Crippen LogP contribution in [0.1, 0.15) is 0 Å². The smallest absolute Gasteiger partial charge is 0.289 e. The molecule has 0 saturated carbocycles. The molecule has 0 aromatic heterocycles. The fourth-order valence-corrected chi connectivity index (χ4v) is 0.323. The first-order valence-corrected chi connectivity index (χ1v) is 2.60. The SMILES string of the molecule is O=[N+]([O-])C([13CH2]O)([13CH2]O)[13CH2]O. The highest BCUT2D eigenvalue weighted by atomic mass is 16.6. The highest BCUT2D eigenvalue weighted by Crippen LogP contribution is 2.05. The predicted molar refractivity (Wildman–Crippen MR) is 31.0 cm³/mol. The molecule has 0 fully saturated rings. The Labute approximate surface area is 56.9 Å². The lowest BCUT2D eigenvalue weighted by Crippen LogP contribution is -2.49. The lowest BCUT2D eigenvalue weighted by atomic mass is 10.4. The van der Waals surface area contributed by atoms with Gasteiger partial charge >= 0.3 is 0 Å². The van der Waals surface area contributed by atoms with Gasteiger partial charge in [-0.2, -0.15) is 0 Å². The van der Waals surface area contributed by atoms with E-state index in [0.717, 1.165) is 0 Å². The van der Waals surface area contributed by atoms with E-state index in [2.05, 4.69) is 0 Å². The minimum absolute atomic E-state index is 0.868. The summed E-state index contributed by atoms with van der Waals surface area (Å²) in [5.74, 6) is 0. The Kier molecular flexibility index (Phi) is 3.20. The standard InChI is InChI=1S/C4H9NO5/c6-1-4(2-7,3-8)5(9)10/h6-8H,1-3H2/i1+1,2+1,3+1. The second-order valence-electron chi connectivity index (χ2n) is 1.96. The third-order valence-electron chi connectivity index (χ3n) is 1.27. The largest absolute Gasteiger partial charge is 0.389 e. The summed E-state index contributed by atoms with van der Waals surface area (Å²) in [4.78, 5) is 9.14. The van der Waals surface area contributed by atoms with Crippen LogP contribution in [0.15, 0.2) is 0 Å². The van der Waals surface area contributed by atoms with E-state index in [-0.39, 0.29) is 0 Å². The third kappa shape index (κ3) is 1.41. The molecular formula is C4H9NO5. The van der Waals surface area contributed by atoms with Gasteiger partial charge in [-0.3, -0.25) is 10.1 Å². The summed E-state index contributed by atoms with van der Waals surface area (Å²) >= 11 is 0. The van der Waals surface area contributed by atoms with Gasteiger partial charge in [-0.25, -0.2) is 0 Å². The summed E-state index contributed by atoms with van der Waals surface area (Å²) in [6.07, 6.45) is 0. The molecular weight excluding hydrogens is 145 g/mol. The number of nitro groups is 1. The van der Waals surface area contributed by atoms with Crippen LogP contribution in [0.25, 0.3) is 0 Å². The van der Waals surface area contributed by atoms with Crippen molar-refractivity contribution < 1.29 is 20.2 Å². The highest BCUT2D eigenvalue weighted by molar-refractivity contribution is 4.75.